The van der Waals surface area contributed by atoms with Crippen LogP contribution in [0, 0.1) is 5.92 Å². The van der Waals surface area contributed by atoms with Crippen LogP contribution in [0.15, 0.2) is 12.2 Å². The Labute approximate surface area is 195 Å². The van der Waals surface area contributed by atoms with Crippen LogP contribution in [0.3, 0.4) is 0 Å². The molecule has 0 heterocycles. The van der Waals surface area contributed by atoms with Crippen LogP contribution in [0.25, 0.3) is 0 Å². The van der Waals surface area contributed by atoms with Gasteiger partial charge in [-0.05, 0) is 98.8 Å². The topological polar surface area (TPSA) is 54.0 Å². The van der Waals surface area contributed by atoms with Gasteiger partial charge in [0.05, 0.1) is 12.2 Å². The molecule has 0 aromatic heterocycles. The van der Waals surface area contributed by atoms with Crippen molar-refractivity contribution in [1.29, 1.82) is 0 Å². The van der Waals surface area contributed by atoms with Gasteiger partial charge in [0.25, 0.3) is 0 Å². The first-order chi connectivity index (χ1) is 13.5. The zero-order chi connectivity index (χ0) is 24.9. The third-order valence-corrected chi connectivity index (χ3v) is 14.3. The van der Waals surface area contributed by atoms with Crippen molar-refractivity contribution in [2.45, 2.75) is 117 Å². The summed E-state index contributed by atoms with van der Waals surface area (Å²) in [6.07, 6.45) is 1.56. The summed E-state index contributed by atoms with van der Waals surface area (Å²) in [5, 5.41) is 0. The van der Waals surface area contributed by atoms with Gasteiger partial charge in [0.15, 0.2) is 16.6 Å². The second-order valence-electron chi connectivity index (χ2n) is 12.4. The molecule has 0 rings (SSSR count). The smallest absolute Gasteiger partial charge is 0.333 e. The molecule has 0 spiro atoms. The summed E-state index contributed by atoms with van der Waals surface area (Å²) in [7, 11) is -5.67. The number of ether oxygens (including phenoxy) is 2. The largest absolute Gasteiger partial charge is 0.456 e. The molecule has 5 nitrogen and oxygen atoms in total. The van der Waals surface area contributed by atoms with Crippen LogP contribution in [0.5, 0.6) is 0 Å². The van der Waals surface area contributed by atoms with E-state index in [2.05, 4.69) is 73.2 Å². The molecule has 0 bridgehead atoms. The maximum Gasteiger partial charge on any atom is 0.333 e. The van der Waals surface area contributed by atoms with Crippen LogP contribution < -0.4 is 0 Å². The van der Waals surface area contributed by atoms with Crippen LogP contribution in [0.2, 0.25) is 51.9 Å². The minimum absolute atomic E-state index is 0.276. The average molecular weight is 491 g/mol. The van der Waals surface area contributed by atoms with E-state index in [1.807, 2.05) is 13.8 Å². The van der Waals surface area contributed by atoms with Crippen LogP contribution in [-0.2, 0) is 22.5 Å². The summed E-state index contributed by atoms with van der Waals surface area (Å²) >= 11 is 0. The maximum absolute atomic E-state index is 11.8. The Morgan fingerprint density at radius 2 is 1.35 bits per heavy atom. The predicted octanol–water partition coefficient (Wildman–Crippen LogP) is 6.87. The summed E-state index contributed by atoms with van der Waals surface area (Å²) < 4.78 is 25.1. The lowest BCUT2D eigenvalue weighted by molar-refractivity contribution is -0.154. The van der Waals surface area contributed by atoms with Crippen LogP contribution in [-0.4, -0.2) is 49.0 Å². The Hall–Kier alpha value is -0.259. The molecule has 0 fully saturated rings. The molecule has 0 aliphatic carbocycles. The molecule has 0 aliphatic heterocycles. The maximum atomic E-state index is 11.8. The van der Waals surface area contributed by atoms with E-state index in [0.29, 0.717) is 24.5 Å². The van der Waals surface area contributed by atoms with E-state index < -0.39 is 30.8 Å². The number of rotatable bonds is 14. The fourth-order valence-corrected chi connectivity index (χ4v) is 16.9. The standard InChI is InChI=1S/C23H50O5Si3/c1-19(2)21(24)26-22(4,5)15-16-25-23(6,7)17-20(3)18-31(14,27-29(8,9)10)28-30(11,12)13/h20H,1,15-18H2,2-14H3. The monoisotopic (exact) mass is 490 g/mol. The van der Waals surface area contributed by atoms with Crippen LogP contribution in [0.4, 0.5) is 0 Å². The number of esters is 1. The van der Waals surface area contributed by atoms with Crippen molar-refractivity contribution in [3.63, 3.8) is 0 Å². The van der Waals surface area contributed by atoms with Crippen LogP contribution >= 0.6 is 0 Å². The molecule has 0 saturated heterocycles. The molecule has 0 N–H and O–H groups in total. The molecule has 184 valence electrons. The van der Waals surface area contributed by atoms with Gasteiger partial charge in [-0.1, -0.05) is 13.5 Å². The predicted molar refractivity (Wildman–Crippen MR) is 139 cm³/mol. The van der Waals surface area contributed by atoms with Crippen molar-refractivity contribution in [2.24, 2.45) is 5.92 Å². The molecule has 0 aromatic carbocycles. The second kappa shape index (κ2) is 11.2. The van der Waals surface area contributed by atoms with Gasteiger partial charge in [0.1, 0.15) is 5.60 Å². The molecule has 0 radical (unpaired) electrons. The average Bonchev–Trinajstić information content (AvgIpc) is 2.39. The van der Waals surface area contributed by atoms with Crippen LogP contribution in [0.1, 0.15) is 54.4 Å². The van der Waals surface area contributed by atoms with Gasteiger partial charge in [0, 0.05) is 12.0 Å². The molecule has 0 aliphatic rings. The van der Waals surface area contributed by atoms with E-state index in [4.69, 9.17) is 17.7 Å². The zero-order valence-electron chi connectivity index (χ0n) is 22.7. The lowest BCUT2D eigenvalue weighted by atomic mass is 9.95. The molecule has 31 heavy (non-hydrogen) atoms. The SMILES string of the molecule is C=C(C)C(=O)OC(C)(C)CCOC(C)(C)CC(C)C[Si](C)(O[Si](C)(C)C)O[Si](C)(C)C. The molecular formula is C23H50O5Si3. The van der Waals surface area contributed by atoms with E-state index >= 15 is 0 Å². The molecule has 8 heteroatoms. The number of hydrogen-bond donors (Lipinski definition) is 0. The quantitative estimate of drug-likeness (QED) is 0.151. The first-order valence-corrected chi connectivity index (χ1v) is 20.8. The fraction of sp³-hybridized carbons (Fsp3) is 0.870. The first-order valence-electron chi connectivity index (χ1n) is 11.5. The van der Waals surface area contributed by atoms with Gasteiger partial charge in [-0.3, -0.25) is 0 Å². The number of hydrogen-bond acceptors (Lipinski definition) is 5. The van der Waals surface area contributed by atoms with E-state index in [-0.39, 0.29) is 11.6 Å². The van der Waals surface area contributed by atoms with Gasteiger partial charge in [-0.25, -0.2) is 4.79 Å². The minimum Gasteiger partial charge on any atom is -0.456 e. The Kier molecular flexibility index (Phi) is 11.2. The van der Waals surface area contributed by atoms with E-state index in [1.54, 1.807) is 6.92 Å². The number of carbonyl (C=O) groups excluding carboxylic acids is 1. The summed E-state index contributed by atoms with van der Waals surface area (Å²) in [5.74, 6) is 0.0699. The van der Waals surface area contributed by atoms with Gasteiger partial charge in [-0.2, -0.15) is 0 Å². The Balaban J connectivity index is 4.92. The molecule has 1 atom stereocenters. The van der Waals surface area contributed by atoms with Crippen molar-refractivity contribution in [1.82, 2.24) is 0 Å². The highest BCUT2D eigenvalue weighted by Crippen LogP contribution is 2.32. The summed E-state index contributed by atoms with van der Waals surface area (Å²) in [5.41, 5.74) is -0.447. The fourth-order valence-electron chi connectivity index (χ4n) is 3.97. The van der Waals surface area contributed by atoms with Crippen molar-refractivity contribution in [3.05, 3.63) is 12.2 Å². The highest BCUT2D eigenvalue weighted by Gasteiger charge is 2.42. The molecule has 0 aromatic rings. The molecule has 0 amide bonds. The van der Waals surface area contributed by atoms with Gasteiger partial charge in [-0.15, -0.1) is 0 Å². The Morgan fingerprint density at radius 1 is 0.903 bits per heavy atom. The Bertz CT molecular complexity index is 587. The van der Waals surface area contributed by atoms with Crippen molar-refractivity contribution < 1.29 is 22.5 Å². The normalized spacial score (nSPS) is 15.0. The Morgan fingerprint density at radius 3 is 1.74 bits per heavy atom. The third kappa shape index (κ3) is 15.2. The van der Waals surface area contributed by atoms with E-state index in [9.17, 15) is 4.79 Å². The highest BCUT2D eigenvalue weighted by atomic mass is 28.5. The first kappa shape index (κ1) is 30.7. The lowest BCUT2D eigenvalue weighted by Crippen LogP contribution is -2.53. The van der Waals surface area contributed by atoms with Gasteiger partial charge in [0.2, 0.25) is 0 Å². The zero-order valence-corrected chi connectivity index (χ0v) is 25.7. The second-order valence-corrected chi connectivity index (χ2v) is 25.1. The van der Waals surface area contributed by atoms with Crippen molar-refractivity contribution in [3.8, 4) is 0 Å². The van der Waals surface area contributed by atoms with Crippen molar-refractivity contribution >= 4 is 31.2 Å². The molecular weight excluding hydrogens is 441 g/mol. The van der Waals surface area contributed by atoms with Gasteiger partial charge < -0.3 is 17.7 Å². The summed E-state index contributed by atoms with van der Waals surface area (Å²) in [4.78, 5) is 11.8. The highest BCUT2D eigenvalue weighted by molar-refractivity contribution is 6.87. The third-order valence-electron chi connectivity index (χ3n) is 4.52. The summed E-state index contributed by atoms with van der Waals surface area (Å²) in [6.45, 7) is 31.9. The molecule has 1 unspecified atom stereocenters. The van der Waals surface area contributed by atoms with Crippen molar-refractivity contribution in [2.75, 3.05) is 6.61 Å². The van der Waals surface area contributed by atoms with E-state index in [0.717, 1.165) is 12.5 Å². The van der Waals surface area contributed by atoms with E-state index in [1.165, 1.54) is 0 Å². The van der Waals surface area contributed by atoms with Gasteiger partial charge >= 0.3 is 14.5 Å². The number of carbonyl (C=O) groups is 1. The molecule has 0 saturated carbocycles. The lowest BCUT2D eigenvalue weighted by Gasteiger charge is -2.40. The minimum atomic E-state index is -2.27. The summed E-state index contributed by atoms with van der Waals surface area (Å²) in [6, 6.07) is 0.968.